The van der Waals surface area contributed by atoms with E-state index in [1.807, 2.05) is 6.92 Å². The number of halogens is 2. The van der Waals surface area contributed by atoms with Crippen molar-refractivity contribution < 1.29 is 23.8 Å². The smallest absolute Gasteiger partial charge is 0.274 e. The van der Waals surface area contributed by atoms with Gasteiger partial charge in [-0.3, -0.25) is 4.79 Å². The minimum atomic E-state index is -3.22. The third kappa shape index (κ3) is 3.52. The molecule has 2 N–H and O–H groups in total. The lowest BCUT2D eigenvalue weighted by Crippen LogP contribution is -2.43. The van der Waals surface area contributed by atoms with Crippen molar-refractivity contribution >= 4 is 11.6 Å². The highest BCUT2D eigenvalue weighted by molar-refractivity contribution is 6.00. The Morgan fingerprint density at radius 3 is 2.22 bits per heavy atom. The summed E-state index contributed by atoms with van der Waals surface area (Å²) < 4.78 is 26.6. The van der Waals surface area contributed by atoms with Crippen LogP contribution in [0.15, 0.2) is 36.4 Å². The summed E-state index contributed by atoms with van der Waals surface area (Å²) in [7, 11) is 0. The zero-order valence-electron chi connectivity index (χ0n) is 15.8. The highest BCUT2D eigenvalue weighted by Crippen LogP contribution is 2.50. The number of hydrogen-bond donors (Lipinski definition) is 2. The first-order valence-corrected chi connectivity index (χ1v) is 9.35. The summed E-state index contributed by atoms with van der Waals surface area (Å²) in [6.45, 7) is 6.92. The van der Waals surface area contributed by atoms with Crippen LogP contribution in [0.5, 0.6) is 0 Å². The van der Waals surface area contributed by atoms with Crippen LogP contribution in [-0.2, 0) is 4.79 Å². The van der Waals surface area contributed by atoms with Crippen molar-refractivity contribution in [3.63, 3.8) is 0 Å². The van der Waals surface area contributed by atoms with E-state index in [0.29, 0.717) is 44.8 Å². The molecule has 1 atom stereocenters. The molecule has 1 aliphatic carbocycles. The van der Waals surface area contributed by atoms with Crippen molar-refractivity contribution in [3.8, 4) is 0 Å². The molecule has 4 nitrogen and oxygen atoms in total. The summed E-state index contributed by atoms with van der Waals surface area (Å²) in [6, 6.07) is 6.09. The number of carbonyl (C=O) groups is 1. The molecule has 2 aliphatic rings. The number of aliphatic hydroxyl groups is 2. The number of amides is 1. The second-order valence-electron chi connectivity index (χ2n) is 8.25. The van der Waals surface area contributed by atoms with Gasteiger partial charge >= 0.3 is 0 Å². The molecule has 0 radical (unpaired) electrons. The zero-order valence-corrected chi connectivity index (χ0v) is 15.8. The van der Waals surface area contributed by atoms with Crippen molar-refractivity contribution in [2.24, 2.45) is 5.41 Å². The van der Waals surface area contributed by atoms with Gasteiger partial charge in [0.1, 0.15) is 6.10 Å². The summed E-state index contributed by atoms with van der Waals surface area (Å²) in [5.41, 5.74) is 0.157. The first kappa shape index (κ1) is 20.0. The summed E-state index contributed by atoms with van der Waals surface area (Å²) in [5, 5.41) is 20.3. The van der Waals surface area contributed by atoms with Crippen LogP contribution in [0.4, 0.5) is 14.5 Å². The van der Waals surface area contributed by atoms with E-state index in [2.05, 4.69) is 6.58 Å². The van der Waals surface area contributed by atoms with Crippen LogP contribution in [0.3, 0.4) is 0 Å². The van der Waals surface area contributed by atoms with Crippen molar-refractivity contribution in [2.75, 3.05) is 11.4 Å². The van der Waals surface area contributed by atoms with Gasteiger partial charge in [-0.05, 0) is 62.3 Å². The molecule has 1 aromatic carbocycles. The highest BCUT2D eigenvalue weighted by atomic mass is 19.3. The average Bonchev–Trinajstić information content (AvgIpc) is 2.93. The maximum atomic E-state index is 13.3. The number of rotatable bonds is 4. The van der Waals surface area contributed by atoms with Crippen LogP contribution in [0.2, 0.25) is 0 Å². The largest absolute Gasteiger partial charge is 0.386 e. The Labute approximate surface area is 158 Å². The van der Waals surface area contributed by atoms with Crippen LogP contribution in [0.25, 0.3) is 0 Å². The zero-order chi connectivity index (χ0) is 20.0. The standard InChI is InChI=1S/C21H27F2NO3/c1-14(2)21(27)10-8-20(9-11-21)12-13-24(18(20)26)16-6-4-15(5-7-16)17(25)19(3,22)23/h4-7,17,25,27H,1,8-13H2,2-3H3/t17?,20-,21+. The number of alkyl halides is 2. The number of carbonyl (C=O) groups excluding carboxylic acids is 1. The van der Waals surface area contributed by atoms with Gasteiger partial charge in [0.2, 0.25) is 5.91 Å². The maximum absolute atomic E-state index is 13.3. The Hall–Kier alpha value is -1.79. The van der Waals surface area contributed by atoms with E-state index < -0.39 is 23.0 Å². The average molecular weight is 379 g/mol. The molecular weight excluding hydrogens is 352 g/mol. The van der Waals surface area contributed by atoms with Crippen molar-refractivity contribution in [1.82, 2.24) is 0 Å². The molecule has 1 amide bonds. The highest BCUT2D eigenvalue weighted by Gasteiger charge is 2.51. The van der Waals surface area contributed by atoms with Gasteiger partial charge in [0.15, 0.2) is 0 Å². The van der Waals surface area contributed by atoms with Crippen LogP contribution in [0.1, 0.15) is 57.6 Å². The van der Waals surface area contributed by atoms with E-state index in [9.17, 15) is 23.8 Å². The monoisotopic (exact) mass is 379 g/mol. The molecule has 1 heterocycles. The number of benzene rings is 1. The van der Waals surface area contributed by atoms with Gasteiger partial charge in [0.05, 0.1) is 11.0 Å². The Balaban J connectivity index is 1.73. The van der Waals surface area contributed by atoms with E-state index in [0.717, 1.165) is 12.0 Å². The molecule has 1 unspecified atom stereocenters. The Morgan fingerprint density at radius 2 is 1.74 bits per heavy atom. The van der Waals surface area contributed by atoms with Crippen LogP contribution >= 0.6 is 0 Å². The fourth-order valence-electron chi connectivity index (χ4n) is 4.23. The quantitative estimate of drug-likeness (QED) is 0.778. The second kappa shape index (κ2) is 6.67. The van der Waals surface area contributed by atoms with E-state index >= 15 is 0 Å². The molecule has 27 heavy (non-hydrogen) atoms. The van der Waals surface area contributed by atoms with E-state index in [-0.39, 0.29) is 11.5 Å². The van der Waals surface area contributed by atoms with Gasteiger partial charge in [-0.1, -0.05) is 18.7 Å². The fourth-order valence-corrected chi connectivity index (χ4v) is 4.23. The molecule has 0 bridgehead atoms. The second-order valence-corrected chi connectivity index (χ2v) is 8.25. The number of nitrogens with zero attached hydrogens (tertiary/aromatic N) is 1. The van der Waals surface area contributed by atoms with Crippen LogP contribution in [0, 0.1) is 5.41 Å². The Bertz CT molecular complexity index is 731. The molecule has 1 saturated heterocycles. The van der Waals surface area contributed by atoms with Crippen molar-refractivity contribution in [1.29, 1.82) is 0 Å². The lowest BCUT2D eigenvalue weighted by molar-refractivity contribution is -0.129. The summed E-state index contributed by atoms with van der Waals surface area (Å²) >= 11 is 0. The minimum absolute atomic E-state index is 0.0281. The van der Waals surface area contributed by atoms with Crippen LogP contribution in [-0.4, -0.2) is 34.2 Å². The van der Waals surface area contributed by atoms with Gasteiger partial charge < -0.3 is 15.1 Å². The Kier molecular flexibility index (Phi) is 4.93. The third-order valence-corrected chi connectivity index (χ3v) is 6.34. The SMILES string of the molecule is C=C(C)[C@]1(O)CC[C@]2(CCN(c3ccc(C(O)C(C)(F)F)cc3)C2=O)CC1. The number of anilines is 1. The summed E-state index contributed by atoms with van der Waals surface area (Å²) in [4.78, 5) is 14.8. The topological polar surface area (TPSA) is 60.8 Å². The molecule has 1 aromatic rings. The van der Waals surface area contributed by atoms with E-state index in [4.69, 9.17) is 0 Å². The van der Waals surface area contributed by atoms with E-state index in [1.54, 1.807) is 17.0 Å². The summed E-state index contributed by atoms with van der Waals surface area (Å²) in [6.07, 6.45) is 1.13. The first-order chi connectivity index (χ1) is 12.5. The molecule has 3 rings (SSSR count). The molecule has 1 spiro atoms. The molecule has 1 aliphatic heterocycles. The predicted molar refractivity (Wildman–Crippen MR) is 99.7 cm³/mol. The van der Waals surface area contributed by atoms with Crippen molar-refractivity contribution in [3.05, 3.63) is 42.0 Å². The van der Waals surface area contributed by atoms with Gasteiger partial charge in [-0.25, -0.2) is 8.78 Å². The first-order valence-electron chi connectivity index (χ1n) is 9.35. The maximum Gasteiger partial charge on any atom is 0.274 e. The number of hydrogen-bond acceptors (Lipinski definition) is 3. The van der Waals surface area contributed by atoms with Gasteiger partial charge in [-0.15, -0.1) is 0 Å². The summed E-state index contributed by atoms with van der Waals surface area (Å²) in [5.74, 6) is -3.20. The molecular formula is C21H27F2NO3. The normalized spacial score (nSPS) is 30.0. The Morgan fingerprint density at radius 1 is 1.19 bits per heavy atom. The molecule has 148 valence electrons. The molecule has 2 fully saturated rings. The lowest BCUT2D eigenvalue weighted by Gasteiger charge is -2.41. The predicted octanol–water partition coefficient (Wildman–Crippen LogP) is 3.98. The molecule has 6 heteroatoms. The van der Waals surface area contributed by atoms with Gasteiger partial charge in [0, 0.05) is 19.2 Å². The van der Waals surface area contributed by atoms with Gasteiger partial charge in [-0.2, -0.15) is 0 Å². The minimum Gasteiger partial charge on any atom is -0.386 e. The fraction of sp³-hybridized carbons (Fsp3) is 0.571. The molecule has 1 saturated carbocycles. The van der Waals surface area contributed by atoms with Crippen molar-refractivity contribution in [2.45, 2.75) is 63.6 Å². The molecule has 0 aromatic heterocycles. The van der Waals surface area contributed by atoms with E-state index in [1.165, 1.54) is 12.1 Å². The van der Waals surface area contributed by atoms with Gasteiger partial charge in [0.25, 0.3) is 5.92 Å². The lowest BCUT2D eigenvalue weighted by atomic mass is 9.66. The number of aliphatic hydroxyl groups excluding tert-OH is 1. The third-order valence-electron chi connectivity index (χ3n) is 6.34. The van der Waals surface area contributed by atoms with Crippen LogP contribution < -0.4 is 4.90 Å².